The van der Waals surface area contributed by atoms with Crippen LogP contribution in [0.3, 0.4) is 0 Å². The summed E-state index contributed by atoms with van der Waals surface area (Å²) in [6.45, 7) is 6.75. The van der Waals surface area contributed by atoms with Crippen LogP contribution in [0, 0.1) is 5.41 Å². The summed E-state index contributed by atoms with van der Waals surface area (Å²) in [5, 5.41) is 15.0. The lowest BCUT2D eigenvalue weighted by molar-refractivity contribution is -0.142. The van der Waals surface area contributed by atoms with Crippen molar-refractivity contribution in [3.05, 3.63) is 35.9 Å². The minimum atomic E-state index is -1.06. The van der Waals surface area contributed by atoms with E-state index >= 15 is 0 Å². The second kappa shape index (κ2) is 11.4. The number of ether oxygens (including phenoxy) is 1. The molecule has 1 aromatic carbocycles. The molecule has 3 N–H and O–H groups in total. The summed E-state index contributed by atoms with van der Waals surface area (Å²) in [7, 11) is 1.30. The molecule has 0 radical (unpaired) electrons. The van der Waals surface area contributed by atoms with E-state index in [2.05, 4.69) is 31.4 Å². The first kappa shape index (κ1) is 23.6. The van der Waals surface area contributed by atoms with Crippen LogP contribution in [0.2, 0.25) is 0 Å². The molecule has 1 rings (SSSR count). The third kappa shape index (κ3) is 10.1. The average Bonchev–Trinajstić information content (AvgIpc) is 2.60. The number of benzene rings is 1. The van der Waals surface area contributed by atoms with Crippen molar-refractivity contribution in [2.45, 2.75) is 58.5 Å². The van der Waals surface area contributed by atoms with Gasteiger partial charge < -0.3 is 20.5 Å². The Bertz CT molecular complexity index is 640. The normalized spacial score (nSPS) is 13.4. The summed E-state index contributed by atoms with van der Waals surface area (Å²) >= 11 is 0. The van der Waals surface area contributed by atoms with Crippen LogP contribution < -0.4 is 10.6 Å². The monoisotopic (exact) mass is 392 g/mol. The molecule has 1 amide bonds. The number of methoxy groups -OCH3 is 1. The number of rotatable bonds is 11. The molecule has 0 heterocycles. The van der Waals surface area contributed by atoms with E-state index in [9.17, 15) is 14.4 Å². The number of nitrogens with one attached hydrogen (secondary N) is 2. The van der Waals surface area contributed by atoms with Crippen LogP contribution in [0.25, 0.3) is 0 Å². The van der Waals surface area contributed by atoms with E-state index in [-0.39, 0.29) is 18.3 Å². The molecule has 7 heteroatoms. The molecule has 2 atom stereocenters. The van der Waals surface area contributed by atoms with Crippen molar-refractivity contribution < 1.29 is 24.2 Å². The molecule has 0 spiro atoms. The van der Waals surface area contributed by atoms with Gasteiger partial charge in [0.05, 0.1) is 26.0 Å². The summed E-state index contributed by atoms with van der Waals surface area (Å²) < 4.78 is 4.73. The molecule has 1 aromatic rings. The van der Waals surface area contributed by atoms with Gasteiger partial charge in [0.1, 0.15) is 0 Å². The highest BCUT2D eigenvalue weighted by Gasteiger charge is 2.25. The zero-order chi connectivity index (χ0) is 21.2. The lowest BCUT2D eigenvalue weighted by Crippen LogP contribution is -2.50. The quantitative estimate of drug-likeness (QED) is 0.499. The Morgan fingerprint density at radius 3 is 2.29 bits per heavy atom. The first-order valence-corrected chi connectivity index (χ1v) is 9.47. The van der Waals surface area contributed by atoms with Gasteiger partial charge in [-0.15, -0.1) is 0 Å². The molecule has 0 aliphatic rings. The lowest BCUT2D eigenvalue weighted by atomic mass is 9.92. The first-order valence-electron chi connectivity index (χ1n) is 9.47. The molecule has 0 aliphatic carbocycles. The Labute approximate surface area is 166 Å². The van der Waals surface area contributed by atoms with Crippen molar-refractivity contribution in [3.63, 3.8) is 0 Å². The van der Waals surface area contributed by atoms with Gasteiger partial charge in [0.15, 0.2) is 0 Å². The lowest BCUT2D eigenvalue weighted by Gasteiger charge is -2.24. The predicted octanol–water partition coefficient (Wildman–Crippen LogP) is 2.15. The molecule has 0 unspecified atom stereocenters. The van der Waals surface area contributed by atoms with E-state index in [1.807, 2.05) is 30.3 Å². The molecule has 0 aromatic heterocycles. The van der Waals surface area contributed by atoms with Crippen LogP contribution in [0.15, 0.2) is 30.3 Å². The number of carbonyl (C=O) groups is 3. The van der Waals surface area contributed by atoms with E-state index < -0.39 is 29.9 Å². The SMILES string of the molecule is COC(=O)C[C@H](Cc1ccccc1)NC(=O)[C@H](CC(=O)O)NCCC(C)(C)C. The minimum Gasteiger partial charge on any atom is -0.481 e. The van der Waals surface area contributed by atoms with Crippen LogP contribution in [-0.4, -0.2) is 48.7 Å². The van der Waals surface area contributed by atoms with Crippen LogP contribution in [0.4, 0.5) is 0 Å². The van der Waals surface area contributed by atoms with Crippen LogP contribution in [0.5, 0.6) is 0 Å². The Kier molecular flexibility index (Phi) is 9.65. The van der Waals surface area contributed by atoms with Crippen molar-refractivity contribution in [2.24, 2.45) is 5.41 Å². The van der Waals surface area contributed by atoms with Gasteiger partial charge in [0.2, 0.25) is 5.91 Å². The van der Waals surface area contributed by atoms with Crippen LogP contribution in [-0.2, 0) is 25.5 Å². The number of carbonyl (C=O) groups excluding carboxylic acids is 2. The Morgan fingerprint density at radius 1 is 1.11 bits per heavy atom. The number of carboxylic acid groups (broad SMARTS) is 1. The summed E-state index contributed by atoms with van der Waals surface area (Å²) in [5.74, 6) is -1.92. The first-order chi connectivity index (χ1) is 13.1. The molecule has 7 nitrogen and oxygen atoms in total. The van der Waals surface area contributed by atoms with Crippen LogP contribution >= 0.6 is 0 Å². The van der Waals surface area contributed by atoms with Crippen molar-refractivity contribution in [1.29, 1.82) is 0 Å². The Hall–Kier alpha value is -2.41. The smallest absolute Gasteiger partial charge is 0.307 e. The maximum Gasteiger partial charge on any atom is 0.307 e. The van der Waals surface area contributed by atoms with Crippen LogP contribution in [0.1, 0.15) is 45.6 Å². The second-order valence-electron chi connectivity index (χ2n) is 8.09. The number of carboxylic acids is 1. The fraction of sp³-hybridized carbons (Fsp3) is 0.571. The number of amides is 1. The van der Waals surface area contributed by atoms with Crippen molar-refractivity contribution in [1.82, 2.24) is 10.6 Å². The van der Waals surface area contributed by atoms with Gasteiger partial charge >= 0.3 is 11.9 Å². The molecular weight excluding hydrogens is 360 g/mol. The van der Waals surface area contributed by atoms with E-state index in [4.69, 9.17) is 9.84 Å². The summed E-state index contributed by atoms with van der Waals surface area (Å²) in [5.41, 5.74) is 1.03. The molecule has 0 saturated carbocycles. The highest BCUT2D eigenvalue weighted by Crippen LogP contribution is 2.17. The Morgan fingerprint density at radius 2 is 1.75 bits per heavy atom. The predicted molar refractivity (Wildman–Crippen MR) is 107 cm³/mol. The van der Waals surface area contributed by atoms with E-state index in [0.717, 1.165) is 12.0 Å². The zero-order valence-corrected chi connectivity index (χ0v) is 17.2. The van der Waals surface area contributed by atoms with Gasteiger partial charge in [-0.2, -0.15) is 0 Å². The Balaban J connectivity index is 2.80. The molecule has 28 heavy (non-hydrogen) atoms. The average molecular weight is 392 g/mol. The third-order valence-electron chi connectivity index (χ3n) is 4.27. The van der Waals surface area contributed by atoms with E-state index in [1.165, 1.54) is 7.11 Å². The fourth-order valence-electron chi connectivity index (χ4n) is 2.71. The standard InChI is InChI=1S/C21H32N2O5/c1-21(2,3)10-11-22-17(14-18(24)25)20(27)23-16(13-19(26)28-4)12-15-8-6-5-7-9-15/h5-9,16-17,22H,10-14H2,1-4H3,(H,23,27)(H,24,25)/t16-,17-/m0/s1. The zero-order valence-electron chi connectivity index (χ0n) is 17.2. The van der Waals surface area contributed by atoms with Gasteiger partial charge in [0, 0.05) is 6.04 Å². The highest BCUT2D eigenvalue weighted by atomic mass is 16.5. The molecule has 0 saturated heterocycles. The van der Waals surface area contributed by atoms with Gasteiger partial charge in [-0.3, -0.25) is 14.4 Å². The van der Waals surface area contributed by atoms with Crippen molar-refractivity contribution >= 4 is 17.8 Å². The summed E-state index contributed by atoms with van der Waals surface area (Å²) in [6, 6.07) is 8.12. The van der Waals surface area contributed by atoms with Crippen molar-refractivity contribution in [2.75, 3.05) is 13.7 Å². The molecule has 0 bridgehead atoms. The molecule has 0 fully saturated rings. The third-order valence-corrected chi connectivity index (χ3v) is 4.27. The number of aliphatic carboxylic acids is 1. The number of esters is 1. The minimum absolute atomic E-state index is 0.0128. The summed E-state index contributed by atoms with van der Waals surface area (Å²) in [6.07, 6.45) is 0.931. The maximum atomic E-state index is 12.7. The van der Waals surface area contributed by atoms with Crippen molar-refractivity contribution in [3.8, 4) is 0 Å². The molecule has 156 valence electrons. The van der Waals surface area contributed by atoms with E-state index in [1.54, 1.807) is 0 Å². The molecular formula is C21H32N2O5. The maximum absolute atomic E-state index is 12.7. The number of hydrogen-bond donors (Lipinski definition) is 3. The van der Waals surface area contributed by atoms with Gasteiger partial charge in [0.25, 0.3) is 0 Å². The molecule has 0 aliphatic heterocycles. The fourth-order valence-corrected chi connectivity index (χ4v) is 2.71. The highest BCUT2D eigenvalue weighted by molar-refractivity contribution is 5.86. The largest absolute Gasteiger partial charge is 0.481 e. The van der Waals surface area contributed by atoms with E-state index in [0.29, 0.717) is 13.0 Å². The number of hydrogen-bond acceptors (Lipinski definition) is 5. The summed E-state index contributed by atoms with van der Waals surface area (Å²) in [4.78, 5) is 35.6. The van der Waals surface area contributed by atoms with Gasteiger partial charge in [-0.05, 0) is 30.4 Å². The van der Waals surface area contributed by atoms with Gasteiger partial charge in [-0.1, -0.05) is 51.1 Å². The van der Waals surface area contributed by atoms with Gasteiger partial charge in [-0.25, -0.2) is 0 Å². The second-order valence-corrected chi connectivity index (χ2v) is 8.09. The topological polar surface area (TPSA) is 105 Å².